The molecule has 1 amide bonds. The summed E-state index contributed by atoms with van der Waals surface area (Å²) in [6.07, 6.45) is -4.86. The van der Waals surface area contributed by atoms with Gasteiger partial charge >= 0.3 is 6.18 Å². The number of amides is 1. The number of phenolic OH excluding ortho intramolecular Hbond substituents is 1. The first kappa shape index (κ1) is 28.5. The number of hydrogen-bond donors (Lipinski definition) is 4. The molecule has 12 heteroatoms. The van der Waals surface area contributed by atoms with Crippen molar-refractivity contribution in [2.75, 3.05) is 19.6 Å². The minimum Gasteiger partial charge on any atom is -0.507 e. The first-order valence-corrected chi connectivity index (χ1v) is 12.9. The van der Waals surface area contributed by atoms with Gasteiger partial charge in [-0.2, -0.15) is 13.2 Å². The van der Waals surface area contributed by atoms with Gasteiger partial charge < -0.3 is 20.8 Å². The van der Waals surface area contributed by atoms with Crippen LogP contribution in [0.2, 0.25) is 5.02 Å². The van der Waals surface area contributed by atoms with Gasteiger partial charge in [0.05, 0.1) is 21.5 Å². The minimum atomic E-state index is -4.66. The summed E-state index contributed by atoms with van der Waals surface area (Å²) in [4.78, 5) is 11.6. The summed E-state index contributed by atoms with van der Waals surface area (Å²) in [7, 11) is -4.12. The van der Waals surface area contributed by atoms with E-state index in [2.05, 4.69) is 5.32 Å². The first-order valence-electron chi connectivity index (χ1n) is 11.0. The van der Waals surface area contributed by atoms with Gasteiger partial charge in [-0.25, -0.2) is 8.42 Å². The van der Waals surface area contributed by atoms with Crippen LogP contribution in [0.15, 0.2) is 76.5 Å². The molecule has 0 aliphatic heterocycles. The molecule has 3 aromatic carbocycles. The second-order valence-electron chi connectivity index (χ2n) is 8.15. The van der Waals surface area contributed by atoms with Gasteiger partial charge in [-0.05, 0) is 66.6 Å². The minimum absolute atomic E-state index is 0.0899. The van der Waals surface area contributed by atoms with Gasteiger partial charge in [0, 0.05) is 11.6 Å². The maximum absolute atomic E-state index is 13.0. The summed E-state index contributed by atoms with van der Waals surface area (Å²) < 4.78 is 63.1. The lowest BCUT2D eigenvalue weighted by molar-refractivity contribution is -0.123. The van der Waals surface area contributed by atoms with Crippen molar-refractivity contribution in [3.05, 3.63) is 88.4 Å². The summed E-state index contributed by atoms with van der Waals surface area (Å²) in [5, 5.41) is 25.3. The normalized spacial score (nSPS) is 12.8. The van der Waals surface area contributed by atoms with Crippen LogP contribution in [0.25, 0.3) is 0 Å². The van der Waals surface area contributed by atoms with Crippen molar-refractivity contribution in [1.29, 1.82) is 0 Å². The summed E-state index contributed by atoms with van der Waals surface area (Å²) in [6, 6.07) is 15.7. The molecule has 0 radical (unpaired) electrons. The van der Waals surface area contributed by atoms with Crippen LogP contribution < -0.4 is 10.6 Å². The SMILES string of the molecule is O=C(NCC(F)(F)F)c1cc(S(=O)(=O)c2ccc(CCNC[C@@H](O)c3cccc(Cl)c3)cc2)ccc1O. The fraction of sp³-hybridized carbons (Fsp3) is 0.240. The number of carbonyl (C=O) groups is 1. The van der Waals surface area contributed by atoms with Crippen LogP contribution in [0.4, 0.5) is 13.2 Å². The molecule has 37 heavy (non-hydrogen) atoms. The molecule has 0 aromatic heterocycles. The van der Waals surface area contributed by atoms with E-state index in [0.717, 1.165) is 23.8 Å². The smallest absolute Gasteiger partial charge is 0.405 e. The number of halogens is 4. The number of aromatic hydroxyl groups is 1. The van der Waals surface area contributed by atoms with Crippen LogP contribution in [-0.4, -0.2) is 50.3 Å². The number of carbonyl (C=O) groups excluding carboxylic acids is 1. The van der Waals surface area contributed by atoms with Crippen molar-refractivity contribution in [1.82, 2.24) is 10.6 Å². The average molecular weight is 557 g/mol. The molecule has 0 saturated heterocycles. The molecule has 0 unspecified atom stereocenters. The molecule has 0 bridgehead atoms. The molecule has 0 spiro atoms. The predicted molar refractivity (Wildman–Crippen MR) is 131 cm³/mol. The summed E-state index contributed by atoms with van der Waals surface area (Å²) in [6.45, 7) is -0.817. The topological polar surface area (TPSA) is 116 Å². The summed E-state index contributed by atoms with van der Waals surface area (Å²) in [5.41, 5.74) is 0.916. The van der Waals surface area contributed by atoms with Gasteiger partial charge in [0.15, 0.2) is 0 Å². The van der Waals surface area contributed by atoms with Crippen molar-refractivity contribution < 1.29 is 36.6 Å². The van der Waals surface area contributed by atoms with Crippen molar-refractivity contribution in [2.45, 2.75) is 28.5 Å². The van der Waals surface area contributed by atoms with Crippen LogP contribution in [0.1, 0.15) is 27.6 Å². The zero-order valence-electron chi connectivity index (χ0n) is 19.3. The Labute approximate surface area is 216 Å². The first-order chi connectivity index (χ1) is 17.4. The van der Waals surface area contributed by atoms with E-state index in [-0.39, 0.29) is 9.79 Å². The van der Waals surface area contributed by atoms with Gasteiger partial charge in [0.1, 0.15) is 12.3 Å². The Morgan fingerprint density at radius 2 is 1.68 bits per heavy atom. The number of hydrogen-bond acceptors (Lipinski definition) is 6. The number of alkyl halides is 3. The van der Waals surface area contributed by atoms with Gasteiger partial charge in [-0.1, -0.05) is 35.9 Å². The van der Waals surface area contributed by atoms with Gasteiger partial charge in [-0.3, -0.25) is 4.79 Å². The molecule has 0 fully saturated rings. The third-order valence-electron chi connectivity index (χ3n) is 5.37. The quantitative estimate of drug-likeness (QED) is 0.280. The average Bonchev–Trinajstić information content (AvgIpc) is 2.85. The van der Waals surface area contributed by atoms with Crippen LogP contribution in [0.3, 0.4) is 0 Å². The summed E-state index contributed by atoms with van der Waals surface area (Å²) >= 11 is 5.93. The van der Waals surface area contributed by atoms with E-state index >= 15 is 0 Å². The predicted octanol–water partition coefficient (Wildman–Crippen LogP) is 4.04. The lowest BCUT2D eigenvalue weighted by atomic mass is 10.1. The maximum Gasteiger partial charge on any atom is 0.405 e. The third kappa shape index (κ3) is 7.93. The number of aliphatic hydroxyl groups is 1. The van der Waals surface area contributed by atoms with Crippen molar-refractivity contribution in [2.24, 2.45) is 0 Å². The van der Waals surface area contributed by atoms with Gasteiger partial charge in [0.2, 0.25) is 9.84 Å². The fourth-order valence-electron chi connectivity index (χ4n) is 3.41. The fourth-order valence-corrected chi connectivity index (χ4v) is 4.90. The number of benzene rings is 3. The monoisotopic (exact) mass is 556 g/mol. The number of aliphatic hydroxyl groups excluding tert-OH is 1. The van der Waals surface area contributed by atoms with E-state index in [1.54, 1.807) is 41.7 Å². The van der Waals surface area contributed by atoms with Crippen LogP contribution >= 0.6 is 11.6 Å². The molecule has 0 aliphatic rings. The largest absolute Gasteiger partial charge is 0.507 e. The Morgan fingerprint density at radius 3 is 2.32 bits per heavy atom. The van der Waals surface area contributed by atoms with Gasteiger partial charge in [0.25, 0.3) is 5.91 Å². The summed E-state index contributed by atoms with van der Waals surface area (Å²) in [5.74, 6) is -1.91. The molecule has 3 aromatic rings. The molecule has 0 heterocycles. The molecular formula is C25H24ClF3N2O5S. The highest BCUT2D eigenvalue weighted by molar-refractivity contribution is 7.91. The number of nitrogens with one attached hydrogen (secondary N) is 2. The highest BCUT2D eigenvalue weighted by atomic mass is 35.5. The molecule has 3 rings (SSSR count). The second-order valence-corrected chi connectivity index (χ2v) is 10.5. The Hall–Kier alpha value is -3.12. The molecule has 198 valence electrons. The van der Waals surface area contributed by atoms with Crippen LogP contribution in [-0.2, 0) is 16.3 Å². The number of phenols is 1. The van der Waals surface area contributed by atoms with E-state index in [9.17, 15) is 36.6 Å². The van der Waals surface area contributed by atoms with E-state index in [1.165, 1.54) is 12.1 Å². The van der Waals surface area contributed by atoms with Crippen molar-refractivity contribution in [3.8, 4) is 5.75 Å². The molecule has 0 saturated carbocycles. The standard InChI is InChI=1S/C25H24ClF3N2O5S/c26-18-3-1-2-17(12-18)23(33)14-30-11-10-16-4-6-19(7-5-16)37(35,36)20-8-9-22(32)21(13-20)24(34)31-15-25(27,28)29/h1-9,12-13,23,30,32-33H,10-11,14-15H2,(H,31,34)/t23-/m1/s1. The molecule has 0 aliphatic carbocycles. The molecular weight excluding hydrogens is 533 g/mol. The second kappa shape index (κ2) is 12.0. The zero-order valence-corrected chi connectivity index (χ0v) is 20.9. The van der Waals surface area contributed by atoms with Crippen molar-refractivity contribution >= 4 is 27.3 Å². The van der Waals surface area contributed by atoms with E-state index in [4.69, 9.17) is 11.6 Å². The highest BCUT2D eigenvalue weighted by Crippen LogP contribution is 2.27. The Kier molecular flexibility index (Phi) is 9.19. The van der Waals surface area contributed by atoms with E-state index in [0.29, 0.717) is 30.1 Å². The van der Waals surface area contributed by atoms with Gasteiger partial charge in [-0.15, -0.1) is 0 Å². The molecule has 7 nitrogen and oxygen atoms in total. The number of sulfone groups is 1. The Balaban J connectivity index is 1.62. The lowest BCUT2D eigenvalue weighted by Gasteiger charge is -2.13. The van der Waals surface area contributed by atoms with E-state index < -0.39 is 45.9 Å². The lowest BCUT2D eigenvalue weighted by Crippen LogP contribution is -2.33. The zero-order chi connectivity index (χ0) is 27.2. The van der Waals surface area contributed by atoms with Crippen LogP contribution in [0.5, 0.6) is 5.75 Å². The van der Waals surface area contributed by atoms with Crippen molar-refractivity contribution in [3.63, 3.8) is 0 Å². The Bertz CT molecular complexity index is 1350. The number of rotatable bonds is 10. The Morgan fingerprint density at radius 1 is 1.00 bits per heavy atom. The third-order valence-corrected chi connectivity index (χ3v) is 7.37. The van der Waals surface area contributed by atoms with Crippen LogP contribution in [0, 0.1) is 0 Å². The maximum atomic E-state index is 13.0. The molecule has 4 N–H and O–H groups in total. The van der Waals surface area contributed by atoms with E-state index in [1.807, 2.05) is 0 Å². The molecule has 1 atom stereocenters. The highest BCUT2D eigenvalue weighted by Gasteiger charge is 2.29.